The van der Waals surface area contributed by atoms with Crippen molar-refractivity contribution in [2.75, 3.05) is 31.8 Å². The summed E-state index contributed by atoms with van der Waals surface area (Å²) in [7, 11) is -1.74. The van der Waals surface area contributed by atoms with Gasteiger partial charge in [0.2, 0.25) is 10.0 Å². The molecule has 27 heavy (non-hydrogen) atoms. The number of aryl methyl sites for hydroxylation is 1. The maximum atomic E-state index is 12.4. The molecule has 1 aliphatic rings. The van der Waals surface area contributed by atoms with Crippen molar-refractivity contribution in [1.82, 2.24) is 4.31 Å². The van der Waals surface area contributed by atoms with E-state index >= 15 is 0 Å². The van der Waals surface area contributed by atoms with Gasteiger partial charge in [-0.2, -0.15) is 0 Å². The minimum absolute atomic E-state index is 0.277. The van der Waals surface area contributed by atoms with Gasteiger partial charge in [0.15, 0.2) is 6.10 Å². The van der Waals surface area contributed by atoms with E-state index in [4.69, 9.17) is 9.47 Å². The molecule has 9 heteroatoms. The minimum atomic E-state index is -3.25. The van der Waals surface area contributed by atoms with E-state index in [0.717, 1.165) is 11.8 Å². The first-order chi connectivity index (χ1) is 12.6. The van der Waals surface area contributed by atoms with Gasteiger partial charge >= 0.3 is 5.97 Å². The van der Waals surface area contributed by atoms with E-state index in [1.807, 2.05) is 13.0 Å². The summed E-state index contributed by atoms with van der Waals surface area (Å²) < 4.78 is 34.9. The first-order valence-corrected chi connectivity index (χ1v) is 10.6. The number of benzene rings is 1. The number of hydrogen-bond donors (Lipinski definition) is 1. The number of amides is 1. The van der Waals surface area contributed by atoms with Gasteiger partial charge in [0.25, 0.3) is 5.91 Å². The van der Waals surface area contributed by atoms with Crippen LogP contribution in [0, 0.1) is 12.8 Å². The lowest BCUT2D eigenvalue weighted by Crippen LogP contribution is -2.41. The summed E-state index contributed by atoms with van der Waals surface area (Å²) in [5.74, 6) is -0.838. The van der Waals surface area contributed by atoms with E-state index in [2.05, 4.69) is 5.32 Å². The molecule has 0 radical (unpaired) electrons. The highest BCUT2D eigenvalue weighted by atomic mass is 32.2. The number of nitrogens with zero attached hydrogens (tertiary/aromatic N) is 1. The second kappa shape index (κ2) is 8.71. The summed E-state index contributed by atoms with van der Waals surface area (Å²) in [6.07, 6.45) is 0.936. The van der Waals surface area contributed by atoms with Crippen LogP contribution >= 0.6 is 0 Å². The number of sulfonamides is 1. The molecule has 0 saturated carbocycles. The largest absolute Gasteiger partial charge is 0.495 e. The highest BCUT2D eigenvalue weighted by Gasteiger charge is 2.31. The van der Waals surface area contributed by atoms with E-state index in [0.29, 0.717) is 24.3 Å². The number of carbonyl (C=O) groups excluding carboxylic acids is 2. The van der Waals surface area contributed by atoms with Crippen LogP contribution in [0.4, 0.5) is 5.69 Å². The average Bonchev–Trinajstić information content (AvgIpc) is 2.61. The number of methoxy groups -OCH3 is 1. The number of esters is 1. The van der Waals surface area contributed by atoms with Crippen LogP contribution < -0.4 is 10.1 Å². The normalized spacial score (nSPS) is 17.2. The van der Waals surface area contributed by atoms with Gasteiger partial charge in [0.05, 0.1) is 25.0 Å². The lowest BCUT2D eigenvalue weighted by molar-refractivity contribution is -0.158. The number of rotatable bonds is 6. The Balaban J connectivity index is 1.91. The molecule has 0 spiro atoms. The maximum Gasteiger partial charge on any atom is 0.309 e. The third kappa shape index (κ3) is 5.67. The maximum absolute atomic E-state index is 12.4. The quantitative estimate of drug-likeness (QED) is 0.730. The van der Waals surface area contributed by atoms with E-state index in [9.17, 15) is 18.0 Å². The zero-order chi connectivity index (χ0) is 20.2. The average molecular weight is 398 g/mol. The summed E-state index contributed by atoms with van der Waals surface area (Å²) in [5, 5.41) is 2.71. The Morgan fingerprint density at radius 3 is 2.44 bits per heavy atom. The molecule has 0 aliphatic carbocycles. The molecule has 2 rings (SSSR count). The molecule has 8 nitrogen and oxygen atoms in total. The summed E-state index contributed by atoms with van der Waals surface area (Å²) >= 11 is 0. The molecule has 150 valence electrons. The van der Waals surface area contributed by atoms with Crippen LogP contribution in [0.2, 0.25) is 0 Å². The number of piperidine rings is 1. The molecule has 1 aliphatic heterocycles. The number of carbonyl (C=O) groups is 2. The third-order valence-corrected chi connectivity index (χ3v) is 5.83. The monoisotopic (exact) mass is 398 g/mol. The number of hydrogen-bond acceptors (Lipinski definition) is 6. The van der Waals surface area contributed by atoms with Gasteiger partial charge < -0.3 is 14.8 Å². The lowest BCUT2D eigenvalue weighted by atomic mass is 9.98. The minimum Gasteiger partial charge on any atom is -0.495 e. The second-order valence-corrected chi connectivity index (χ2v) is 8.69. The van der Waals surface area contributed by atoms with Crippen LogP contribution in [-0.2, 0) is 24.3 Å². The van der Waals surface area contributed by atoms with Crippen molar-refractivity contribution in [3.63, 3.8) is 0 Å². The molecule has 1 saturated heterocycles. The summed E-state index contributed by atoms with van der Waals surface area (Å²) in [6.45, 7) is 3.95. The Hall–Kier alpha value is -2.13. The molecular weight excluding hydrogens is 372 g/mol. The highest BCUT2D eigenvalue weighted by Crippen LogP contribution is 2.26. The Kier molecular flexibility index (Phi) is 6.83. The van der Waals surface area contributed by atoms with Gasteiger partial charge in [0, 0.05) is 13.1 Å². The van der Waals surface area contributed by atoms with E-state index in [1.54, 1.807) is 12.1 Å². The Bertz CT molecular complexity index is 800. The van der Waals surface area contributed by atoms with Gasteiger partial charge in [0.1, 0.15) is 5.75 Å². The van der Waals surface area contributed by atoms with Crippen LogP contribution in [0.15, 0.2) is 18.2 Å². The summed E-state index contributed by atoms with van der Waals surface area (Å²) in [5.41, 5.74) is 1.46. The molecule has 1 unspecified atom stereocenters. The first-order valence-electron chi connectivity index (χ1n) is 8.73. The molecule has 1 aromatic rings. The fraction of sp³-hybridized carbons (Fsp3) is 0.556. The van der Waals surface area contributed by atoms with Gasteiger partial charge in [-0.05, 0) is 44.4 Å². The topological polar surface area (TPSA) is 102 Å². The van der Waals surface area contributed by atoms with Gasteiger partial charge in [-0.15, -0.1) is 0 Å². The molecule has 1 heterocycles. The van der Waals surface area contributed by atoms with Crippen LogP contribution in [-0.4, -0.2) is 57.2 Å². The molecule has 1 N–H and O–H groups in total. The zero-order valence-electron chi connectivity index (χ0n) is 16.0. The second-order valence-electron chi connectivity index (χ2n) is 6.71. The molecule has 0 aromatic heterocycles. The van der Waals surface area contributed by atoms with Crippen molar-refractivity contribution >= 4 is 27.6 Å². The molecule has 0 bridgehead atoms. The SMILES string of the molecule is COc1ccc(C)cc1NC(=O)C(C)OC(=O)C1CCN(S(C)(=O)=O)CC1. The highest BCUT2D eigenvalue weighted by molar-refractivity contribution is 7.88. The predicted octanol–water partition coefficient (Wildman–Crippen LogP) is 1.55. The Morgan fingerprint density at radius 1 is 1.26 bits per heavy atom. The molecule has 1 atom stereocenters. The molecule has 1 fully saturated rings. The summed E-state index contributed by atoms with van der Waals surface area (Å²) in [6, 6.07) is 5.38. The van der Waals surface area contributed by atoms with Crippen molar-refractivity contribution in [3.05, 3.63) is 23.8 Å². The molecule has 1 aromatic carbocycles. The van der Waals surface area contributed by atoms with Crippen molar-refractivity contribution in [1.29, 1.82) is 0 Å². The van der Waals surface area contributed by atoms with Gasteiger partial charge in [-0.25, -0.2) is 12.7 Å². The van der Waals surface area contributed by atoms with Gasteiger partial charge in [-0.3, -0.25) is 9.59 Å². The Labute approximate surface area is 159 Å². The predicted molar refractivity (Wildman–Crippen MR) is 101 cm³/mol. The van der Waals surface area contributed by atoms with Crippen molar-refractivity contribution in [3.8, 4) is 5.75 Å². The van der Waals surface area contributed by atoms with Crippen LogP contribution in [0.5, 0.6) is 5.75 Å². The molecule has 1 amide bonds. The van der Waals surface area contributed by atoms with Crippen LogP contribution in [0.3, 0.4) is 0 Å². The number of nitrogens with one attached hydrogen (secondary N) is 1. The fourth-order valence-corrected chi connectivity index (χ4v) is 3.78. The first kappa shape index (κ1) is 21.2. The number of anilines is 1. The van der Waals surface area contributed by atoms with Gasteiger partial charge in [-0.1, -0.05) is 6.07 Å². The van der Waals surface area contributed by atoms with E-state index in [1.165, 1.54) is 18.3 Å². The standard InChI is InChI=1S/C18H26N2O6S/c1-12-5-6-16(25-3)15(11-12)19-17(21)13(2)26-18(22)14-7-9-20(10-8-14)27(4,23)24/h5-6,11,13-14H,7-10H2,1-4H3,(H,19,21). The smallest absolute Gasteiger partial charge is 0.309 e. The Morgan fingerprint density at radius 2 is 1.89 bits per heavy atom. The third-order valence-electron chi connectivity index (χ3n) is 4.53. The molecular formula is C18H26N2O6S. The van der Waals surface area contributed by atoms with Crippen molar-refractivity contribution in [2.24, 2.45) is 5.92 Å². The van der Waals surface area contributed by atoms with E-state index in [-0.39, 0.29) is 13.1 Å². The number of ether oxygens (including phenoxy) is 2. The fourth-order valence-electron chi connectivity index (χ4n) is 2.90. The summed E-state index contributed by atoms with van der Waals surface area (Å²) in [4.78, 5) is 24.7. The van der Waals surface area contributed by atoms with E-state index < -0.39 is 33.9 Å². The lowest BCUT2D eigenvalue weighted by Gasteiger charge is -2.29. The van der Waals surface area contributed by atoms with Crippen LogP contribution in [0.1, 0.15) is 25.3 Å². The van der Waals surface area contributed by atoms with Crippen molar-refractivity contribution in [2.45, 2.75) is 32.8 Å². The zero-order valence-corrected chi connectivity index (χ0v) is 16.8. The van der Waals surface area contributed by atoms with Crippen molar-refractivity contribution < 1.29 is 27.5 Å². The van der Waals surface area contributed by atoms with Crippen LogP contribution in [0.25, 0.3) is 0 Å².